The van der Waals surface area contributed by atoms with Crippen LogP contribution in [0.3, 0.4) is 0 Å². The summed E-state index contributed by atoms with van der Waals surface area (Å²) in [7, 11) is 0. The Hall–Kier alpha value is -3.91. The zero-order valence-corrected chi connectivity index (χ0v) is 18.0. The van der Waals surface area contributed by atoms with E-state index in [1.807, 2.05) is 60.7 Å². The summed E-state index contributed by atoms with van der Waals surface area (Å²) < 4.78 is 6.00. The van der Waals surface area contributed by atoms with Crippen molar-refractivity contribution in [1.29, 1.82) is 0 Å². The van der Waals surface area contributed by atoms with Gasteiger partial charge in [0.1, 0.15) is 5.69 Å². The maximum Gasteiger partial charge on any atom is 0.274 e. The number of hydrogen-bond donors (Lipinski definition) is 1. The van der Waals surface area contributed by atoms with Crippen molar-refractivity contribution < 1.29 is 14.1 Å². The van der Waals surface area contributed by atoms with Crippen molar-refractivity contribution in [3.63, 3.8) is 0 Å². The largest absolute Gasteiger partial charge is 0.431 e. The van der Waals surface area contributed by atoms with E-state index in [1.165, 1.54) is 6.07 Å². The Morgan fingerprint density at radius 2 is 1.69 bits per heavy atom. The molecule has 160 valence electrons. The van der Waals surface area contributed by atoms with Crippen LogP contribution in [-0.2, 0) is 4.79 Å². The van der Waals surface area contributed by atoms with Gasteiger partial charge in [0.25, 0.3) is 10.9 Å². The second-order valence-electron chi connectivity index (χ2n) is 6.98. The van der Waals surface area contributed by atoms with E-state index in [2.05, 4.69) is 10.3 Å². The van der Waals surface area contributed by atoms with Crippen LogP contribution in [0.4, 0.5) is 11.4 Å². The van der Waals surface area contributed by atoms with Crippen LogP contribution < -0.4 is 5.32 Å². The van der Waals surface area contributed by atoms with Crippen molar-refractivity contribution in [3.8, 4) is 22.6 Å². The Bertz CT molecular complexity index is 1200. The van der Waals surface area contributed by atoms with Gasteiger partial charge >= 0.3 is 0 Å². The van der Waals surface area contributed by atoms with Crippen LogP contribution in [0.25, 0.3) is 22.6 Å². The molecule has 1 amide bonds. The molecule has 0 saturated carbocycles. The van der Waals surface area contributed by atoms with E-state index >= 15 is 0 Å². The van der Waals surface area contributed by atoms with Crippen LogP contribution in [0.1, 0.15) is 5.56 Å². The molecule has 3 aromatic carbocycles. The molecular formula is C24H19N3O4S. The van der Waals surface area contributed by atoms with E-state index in [9.17, 15) is 14.9 Å². The highest BCUT2D eigenvalue weighted by molar-refractivity contribution is 7.99. The van der Waals surface area contributed by atoms with Crippen LogP contribution in [0, 0.1) is 17.0 Å². The number of carbonyl (C=O) groups is 1. The molecule has 1 heterocycles. The van der Waals surface area contributed by atoms with Gasteiger partial charge in [0, 0.05) is 28.4 Å². The first-order valence-corrected chi connectivity index (χ1v) is 10.8. The predicted molar refractivity (Wildman–Crippen MR) is 125 cm³/mol. The molecular weight excluding hydrogens is 426 g/mol. The van der Waals surface area contributed by atoms with Crippen molar-refractivity contribution >= 4 is 29.0 Å². The average Bonchev–Trinajstić information content (AvgIpc) is 3.24. The lowest BCUT2D eigenvalue weighted by Crippen LogP contribution is -2.14. The number of rotatable bonds is 7. The minimum atomic E-state index is -0.470. The van der Waals surface area contributed by atoms with Gasteiger partial charge in [-0.25, -0.2) is 4.98 Å². The fourth-order valence-corrected chi connectivity index (χ4v) is 3.77. The summed E-state index contributed by atoms with van der Waals surface area (Å²) in [5.41, 5.74) is 3.37. The summed E-state index contributed by atoms with van der Waals surface area (Å²) in [4.78, 5) is 27.7. The molecule has 0 aliphatic heterocycles. The fraction of sp³-hybridized carbons (Fsp3) is 0.0833. The second-order valence-corrected chi connectivity index (χ2v) is 7.91. The number of carbonyl (C=O) groups excluding carboxylic acids is 1. The van der Waals surface area contributed by atoms with Gasteiger partial charge in [0.15, 0.2) is 5.76 Å². The van der Waals surface area contributed by atoms with Gasteiger partial charge < -0.3 is 9.73 Å². The lowest BCUT2D eigenvalue weighted by Gasteiger charge is -2.05. The third-order valence-electron chi connectivity index (χ3n) is 4.71. The molecule has 0 spiro atoms. The number of benzene rings is 3. The molecule has 0 bridgehead atoms. The molecule has 1 aromatic heterocycles. The topological polar surface area (TPSA) is 98.3 Å². The van der Waals surface area contributed by atoms with Crippen molar-refractivity contribution in [1.82, 2.24) is 4.98 Å². The fourth-order valence-electron chi connectivity index (χ4n) is 3.15. The third-order valence-corrected chi connectivity index (χ3v) is 5.54. The van der Waals surface area contributed by atoms with Crippen molar-refractivity contribution in [3.05, 3.63) is 94.5 Å². The minimum Gasteiger partial charge on any atom is -0.431 e. The molecule has 0 aliphatic rings. The number of nitro benzene ring substituents is 1. The lowest BCUT2D eigenvalue weighted by atomic mass is 10.1. The number of aromatic nitrogens is 1. The maximum atomic E-state index is 12.4. The molecule has 4 aromatic rings. The Morgan fingerprint density at radius 3 is 2.34 bits per heavy atom. The molecule has 7 nitrogen and oxygen atoms in total. The van der Waals surface area contributed by atoms with Crippen LogP contribution >= 0.6 is 11.8 Å². The highest BCUT2D eigenvalue weighted by Crippen LogP contribution is 2.35. The number of thioether (sulfide) groups is 1. The lowest BCUT2D eigenvalue weighted by molar-refractivity contribution is -0.385. The summed E-state index contributed by atoms with van der Waals surface area (Å²) >= 11 is 1.16. The first kappa shape index (κ1) is 21.3. The monoisotopic (exact) mass is 445 g/mol. The molecule has 0 aliphatic carbocycles. The number of hydrogen-bond acceptors (Lipinski definition) is 6. The predicted octanol–water partition coefficient (Wildman–Crippen LogP) is 5.96. The highest BCUT2D eigenvalue weighted by atomic mass is 32.2. The van der Waals surface area contributed by atoms with E-state index in [0.29, 0.717) is 27.9 Å². The Morgan fingerprint density at radius 1 is 1.03 bits per heavy atom. The Balaban J connectivity index is 1.51. The molecule has 0 radical (unpaired) electrons. The maximum absolute atomic E-state index is 12.4. The van der Waals surface area contributed by atoms with E-state index in [4.69, 9.17) is 4.42 Å². The number of anilines is 1. The SMILES string of the molecule is Cc1ccc(NC(=O)CSc2nc(-c3ccccc3)c(-c3ccccc3)o2)cc1[N+](=O)[O-]. The van der Waals surface area contributed by atoms with Crippen molar-refractivity contribution in [2.24, 2.45) is 0 Å². The quantitative estimate of drug-likeness (QED) is 0.214. The van der Waals surface area contributed by atoms with Crippen molar-refractivity contribution in [2.45, 2.75) is 12.1 Å². The van der Waals surface area contributed by atoms with Crippen LogP contribution in [-0.4, -0.2) is 21.6 Å². The number of nitro groups is 1. The molecule has 1 N–H and O–H groups in total. The molecule has 8 heteroatoms. The minimum absolute atomic E-state index is 0.0387. The Kier molecular flexibility index (Phi) is 6.32. The molecule has 0 atom stereocenters. The van der Waals surface area contributed by atoms with Crippen LogP contribution in [0.15, 0.2) is 88.5 Å². The third kappa shape index (κ3) is 4.87. The van der Waals surface area contributed by atoms with Crippen LogP contribution in [0.2, 0.25) is 0 Å². The highest BCUT2D eigenvalue weighted by Gasteiger charge is 2.18. The number of aryl methyl sites for hydroxylation is 1. The standard InChI is InChI=1S/C24H19N3O4S/c1-16-12-13-19(14-20(16)27(29)30)25-21(28)15-32-24-26-22(17-8-4-2-5-9-17)23(31-24)18-10-6-3-7-11-18/h2-14H,15H2,1H3,(H,25,28). The molecule has 32 heavy (non-hydrogen) atoms. The van der Waals surface area contributed by atoms with Gasteiger partial charge in [-0.05, 0) is 13.0 Å². The summed E-state index contributed by atoms with van der Waals surface area (Å²) in [6, 6.07) is 24.0. The van der Waals surface area contributed by atoms with Gasteiger partial charge in [-0.1, -0.05) is 78.5 Å². The first-order valence-electron chi connectivity index (χ1n) is 9.80. The zero-order chi connectivity index (χ0) is 22.5. The van der Waals surface area contributed by atoms with E-state index in [-0.39, 0.29) is 17.3 Å². The smallest absolute Gasteiger partial charge is 0.274 e. The van der Waals surface area contributed by atoms with Gasteiger partial charge in [-0.2, -0.15) is 0 Å². The van der Waals surface area contributed by atoms with E-state index < -0.39 is 4.92 Å². The Labute approximate surface area is 188 Å². The summed E-state index contributed by atoms with van der Waals surface area (Å²) in [5, 5.41) is 14.2. The second kappa shape index (κ2) is 9.49. The normalized spacial score (nSPS) is 10.7. The zero-order valence-electron chi connectivity index (χ0n) is 17.1. The number of nitrogens with zero attached hydrogens (tertiary/aromatic N) is 2. The van der Waals surface area contributed by atoms with Crippen molar-refractivity contribution in [2.75, 3.05) is 11.1 Å². The summed E-state index contributed by atoms with van der Waals surface area (Å²) in [6.45, 7) is 1.65. The number of oxazole rings is 1. The summed E-state index contributed by atoms with van der Waals surface area (Å²) in [5.74, 6) is 0.368. The molecule has 4 rings (SSSR count). The van der Waals surface area contributed by atoms with Gasteiger partial charge in [0.05, 0.1) is 10.7 Å². The summed E-state index contributed by atoms with van der Waals surface area (Å²) in [6.07, 6.45) is 0. The molecule has 0 saturated heterocycles. The number of amides is 1. The molecule has 0 unspecified atom stereocenters. The molecule has 0 fully saturated rings. The number of nitrogens with one attached hydrogen (secondary N) is 1. The van der Waals surface area contributed by atoms with E-state index in [0.717, 1.165) is 22.9 Å². The average molecular weight is 446 g/mol. The van der Waals surface area contributed by atoms with Gasteiger partial charge in [-0.3, -0.25) is 14.9 Å². The van der Waals surface area contributed by atoms with Crippen LogP contribution in [0.5, 0.6) is 0 Å². The van der Waals surface area contributed by atoms with Gasteiger partial charge in [0.2, 0.25) is 5.91 Å². The van der Waals surface area contributed by atoms with Gasteiger partial charge in [-0.15, -0.1) is 0 Å². The van der Waals surface area contributed by atoms with E-state index in [1.54, 1.807) is 19.1 Å². The first-order chi connectivity index (χ1) is 15.5.